The minimum absolute atomic E-state index is 0.0333. The number of guanidine groups is 1. The van der Waals surface area contributed by atoms with Gasteiger partial charge in [-0.1, -0.05) is 23.7 Å². The quantitative estimate of drug-likeness (QED) is 0.313. The average Bonchev–Trinajstić information content (AvgIpc) is 2.71. The Balaban J connectivity index is 1.83. The zero-order chi connectivity index (χ0) is 20.4. The van der Waals surface area contributed by atoms with E-state index in [2.05, 4.69) is 20.5 Å². The van der Waals surface area contributed by atoms with Crippen LogP contribution < -0.4 is 10.6 Å². The molecule has 0 saturated carbocycles. The van der Waals surface area contributed by atoms with E-state index in [9.17, 15) is 9.59 Å². The number of carbonyl (C=O) groups is 2. The van der Waals surface area contributed by atoms with Crippen LogP contribution in [0.25, 0.3) is 0 Å². The lowest BCUT2D eigenvalue weighted by Crippen LogP contribution is -2.47. The summed E-state index contributed by atoms with van der Waals surface area (Å²) in [7, 11) is 0. The van der Waals surface area contributed by atoms with Crippen LogP contribution in [0.3, 0.4) is 0 Å². The molecule has 0 unspecified atom stereocenters. The van der Waals surface area contributed by atoms with Gasteiger partial charge in [0.15, 0.2) is 5.96 Å². The van der Waals surface area contributed by atoms with Gasteiger partial charge < -0.3 is 20.3 Å². The van der Waals surface area contributed by atoms with Crippen LogP contribution in [-0.2, 0) is 9.53 Å². The Morgan fingerprint density at radius 2 is 1.93 bits per heavy atom. The Morgan fingerprint density at radius 1 is 1.21 bits per heavy atom. The fraction of sp³-hybridized carbons (Fsp3) is 0.550. The molecular formula is C20H29ClN4O3. The summed E-state index contributed by atoms with van der Waals surface area (Å²) < 4.78 is 5.12. The van der Waals surface area contributed by atoms with Gasteiger partial charge in [0.2, 0.25) is 0 Å². The fourth-order valence-electron chi connectivity index (χ4n) is 3.08. The van der Waals surface area contributed by atoms with E-state index >= 15 is 0 Å². The lowest BCUT2D eigenvalue weighted by Gasteiger charge is -2.33. The molecule has 1 fully saturated rings. The third-order valence-corrected chi connectivity index (χ3v) is 4.86. The van der Waals surface area contributed by atoms with E-state index in [1.165, 1.54) is 0 Å². The van der Waals surface area contributed by atoms with Crippen LogP contribution in [0.15, 0.2) is 29.3 Å². The molecular weight excluding hydrogens is 380 g/mol. The number of nitrogens with zero attached hydrogens (tertiary/aromatic N) is 2. The maximum atomic E-state index is 12.2. The summed E-state index contributed by atoms with van der Waals surface area (Å²) in [4.78, 5) is 30.8. The number of hydrogen-bond donors (Lipinski definition) is 2. The summed E-state index contributed by atoms with van der Waals surface area (Å²) in [5.41, 5.74) is 0.459. The summed E-state index contributed by atoms with van der Waals surface area (Å²) >= 11 is 6.04. The van der Waals surface area contributed by atoms with E-state index < -0.39 is 0 Å². The Labute approximate surface area is 171 Å². The van der Waals surface area contributed by atoms with Crippen LogP contribution in [0.5, 0.6) is 0 Å². The third kappa shape index (κ3) is 6.41. The van der Waals surface area contributed by atoms with Crippen LogP contribution in [0.4, 0.5) is 0 Å². The van der Waals surface area contributed by atoms with Crippen LogP contribution in [0.2, 0.25) is 5.02 Å². The number of amides is 1. The van der Waals surface area contributed by atoms with Gasteiger partial charge in [-0.3, -0.25) is 14.6 Å². The lowest BCUT2D eigenvalue weighted by atomic mass is 9.97. The molecule has 8 heteroatoms. The highest BCUT2D eigenvalue weighted by Gasteiger charge is 2.27. The number of hydrogen-bond acceptors (Lipinski definition) is 4. The van der Waals surface area contributed by atoms with Crippen molar-refractivity contribution in [2.24, 2.45) is 10.9 Å². The smallest absolute Gasteiger partial charge is 0.309 e. The molecule has 1 aromatic carbocycles. The number of carbonyl (C=O) groups excluding carboxylic acids is 2. The van der Waals surface area contributed by atoms with Gasteiger partial charge in [-0.05, 0) is 38.8 Å². The van der Waals surface area contributed by atoms with Crippen molar-refractivity contribution in [1.82, 2.24) is 15.5 Å². The first kappa shape index (κ1) is 22.0. The largest absolute Gasteiger partial charge is 0.466 e. The third-order valence-electron chi connectivity index (χ3n) is 4.53. The van der Waals surface area contributed by atoms with Crippen LogP contribution in [0, 0.1) is 5.92 Å². The van der Waals surface area contributed by atoms with Crippen molar-refractivity contribution in [2.75, 3.05) is 39.3 Å². The number of nitrogens with one attached hydrogen (secondary N) is 2. The van der Waals surface area contributed by atoms with Gasteiger partial charge in [-0.15, -0.1) is 0 Å². The molecule has 2 rings (SSSR count). The summed E-state index contributed by atoms with van der Waals surface area (Å²) in [5, 5.41) is 6.55. The number of piperidine rings is 1. The first-order valence-electron chi connectivity index (χ1n) is 9.79. The Hall–Kier alpha value is -2.28. The number of esters is 1. The minimum Gasteiger partial charge on any atom is -0.466 e. The van der Waals surface area contributed by atoms with E-state index in [0.29, 0.717) is 30.3 Å². The number of ether oxygens (including phenoxy) is 1. The van der Waals surface area contributed by atoms with Gasteiger partial charge in [-0.25, -0.2) is 0 Å². The normalized spacial score (nSPS) is 15.2. The van der Waals surface area contributed by atoms with Gasteiger partial charge >= 0.3 is 5.97 Å². The molecule has 0 spiro atoms. The summed E-state index contributed by atoms with van der Waals surface area (Å²) in [5.74, 6) is 0.457. The number of halogens is 1. The molecule has 1 amide bonds. The van der Waals surface area contributed by atoms with Crippen molar-refractivity contribution in [3.05, 3.63) is 34.9 Å². The van der Waals surface area contributed by atoms with E-state index in [-0.39, 0.29) is 17.8 Å². The number of rotatable bonds is 7. The molecule has 0 bridgehead atoms. The van der Waals surface area contributed by atoms with Crippen LogP contribution >= 0.6 is 11.6 Å². The Kier molecular flexibility index (Phi) is 9.07. The van der Waals surface area contributed by atoms with Crippen molar-refractivity contribution >= 4 is 29.4 Å². The molecule has 0 aromatic heterocycles. The number of benzene rings is 1. The molecule has 0 atom stereocenters. The van der Waals surface area contributed by atoms with Crippen LogP contribution in [-0.4, -0.2) is 62.1 Å². The van der Waals surface area contributed by atoms with E-state index in [1.807, 2.05) is 13.8 Å². The van der Waals surface area contributed by atoms with Gasteiger partial charge in [0.25, 0.3) is 5.91 Å². The molecule has 0 radical (unpaired) electrons. The molecule has 1 saturated heterocycles. The molecule has 154 valence electrons. The molecule has 28 heavy (non-hydrogen) atoms. The number of likely N-dealkylation sites (tertiary alicyclic amines) is 1. The first-order chi connectivity index (χ1) is 13.6. The fourth-order valence-corrected chi connectivity index (χ4v) is 3.31. The molecule has 2 N–H and O–H groups in total. The highest BCUT2D eigenvalue weighted by molar-refractivity contribution is 6.33. The second kappa shape index (κ2) is 11.5. The topological polar surface area (TPSA) is 83.0 Å². The van der Waals surface area contributed by atoms with Gasteiger partial charge in [0.1, 0.15) is 0 Å². The molecule has 1 heterocycles. The first-order valence-corrected chi connectivity index (χ1v) is 10.2. The van der Waals surface area contributed by atoms with Crippen molar-refractivity contribution in [3.8, 4) is 0 Å². The second-order valence-corrected chi connectivity index (χ2v) is 6.89. The summed E-state index contributed by atoms with van der Waals surface area (Å²) in [6, 6.07) is 6.95. The Bertz CT molecular complexity index is 688. The van der Waals surface area contributed by atoms with Crippen molar-refractivity contribution < 1.29 is 14.3 Å². The molecule has 0 aliphatic carbocycles. The van der Waals surface area contributed by atoms with E-state index in [0.717, 1.165) is 38.4 Å². The van der Waals surface area contributed by atoms with Gasteiger partial charge in [-0.2, -0.15) is 0 Å². The van der Waals surface area contributed by atoms with E-state index in [1.54, 1.807) is 24.3 Å². The van der Waals surface area contributed by atoms with Gasteiger partial charge in [0, 0.05) is 26.2 Å². The van der Waals surface area contributed by atoms with Crippen LogP contribution in [0.1, 0.15) is 37.0 Å². The molecule has 1 aliphatic rings. The second-order valence-electron chi connectivity index (χ2n) is 6.48. The summed E-state index contributed by atoms with van der Waals surface area (Å²) in [6.07, 6.45) is 1.51. The highest BCUT2D eigenvalue weighted by Crippen LogP contribution is 2.19. The molecule has 1 aromatic rings. The predicted octanol–water partition coefficient (Wildman–Crippen LogP) is 2.31. The lowest BCUT2D eigenvalue weighted by molar-refractivity contribution is -0.149. The van der Waals surface area contributed by atoms with Gasteiger partial charge in [0.05, 0.1) is 29.7 Å². The van der Waals surface area contributed by atoms with Crippen molar-refractivity contribution in [3.63, 3.8) is 0 Å². The predicted molar refractivity (Wildman–Crippen MR) is 111 cm³/mol. The Morgan fingerprint density at radius 3 is 2.57 bits per heavy atom. The maximum absolute atomic E-state index is 12.2. The average molecular weight is 409 g/mol. The highest BCUT2D eigenvalue weighted by atomic mass is 35.5. The maximum Gasteiger partial charge on any atom is 0.309 e. The van der Waals surface area contributed by atoms with E-state index in [4.69, 9.17) is 16.3 Å². The van der Waals surface area contributed by atoms with Crippen molar-refractivity contribution in [2.45, 2.75) is 26.7 Å². The minimum atomic E-state index is -0.207. The standard InChI is InChI=1S/C20H29ClN4O3/c1-3-22-20(25-13-9-15(10-14-25)19(27)28-4-2)24-12-11-23-18(26)16-7-5-6-8-17(16)21/h5-8,15H,3-4,9-14H2,1-2H3,(H,22,24)(H,23,26). The summed E-state index contributed by atoms with van der Waals surface area (Å²) in [6.45, 7) is 7.39. The zero-order valence-corrected chi connectivity index (χ0v) is 17.3. The molecule has 7 nitrogen and oxygen atoms in total. The number of aliphatic imine (C=N–C) groups is 1. The van der Waals surface area contributed by atoms with Crippen molar-refractivity contribution in [1.29, 1.82) is 0 Å². The monoisotopic (exact) mass is 408 g/mol. The molecule has 1 aliphatic heterocycles. The zero-order valence-electron chi connectivity index (χ0n) is 16.5. The SMILES string of the molecule is CCNC(=NCCNC(=O)c1ccccc1Cl)N1CCC(C(=O)OCC)CC1.